The molecule has 0 saturated heterocycles. The lowest BCUT2D eigenvalue weighted by atomic mass is 10.1. The van der Waals surface area contributed by atoms with Gasteiger partial charge in [-0.05, 0) is 48.9 Å². The number of aromatic nitrogens is 1. The van der Waals surface area contributed by atoms with Crippen LogP contribution < -0.4 is 29.6 Å². The molecule has 1 heterocycles. The van der Waals surface area contributed by atoms with E-state index in [9.17, 15) is 4.79 Å². The predicted molar refractivity (Wildman–Crippen MR) is 143 cm³/mol. The maximum atomic E-state index is 12.6. The highest BCUT2D eigenvalue weighted by Crippen LogP contribution is 2.38. The Bertz CT molecular complexity index is 1400. The zero-order valence-corrected chi connectivity index (χ0v) is 21.9. The van der Waals surface area contributed by atoms with Gasteiger partial charge >= 0.3 is 6.03 Å². The maximum absolute atomic E-state index is 12.6. The first-order valence-corrected chi connectivity index (χ1v) is 11.9. The highest BCUT2D eigenvalue weighted by atomic mass is 79.9. The number of nitrogens with zero attached hydrogens (tertiary/aromatic N) is 1. The Hall–Kier alpha value is -3.98. The van der Waals surface area contributed by atoms with Gasteiger partial charge in [0.2, 0.25) is 0 Å². The normalized spacial score (nSPS) is 11.5. The first-order chi connectivity index (χ1) is 17.4. The fourth-order valence-electron chi connectivity index (χ4n) is 3.72. The Kier molecular flexibility index (Phi) is 7.80. The van der Waals surface area contributed by atoms with Crippen LogP contribution in [0.1, 0.15) is 18.5 Å². The summed E-state index contributed by atoms with van der Waals surface area (Å²) in [6.07, 6.45) is 1.66. The van der Waals surface area contributed by atoms with Gasteiger partial charge in [-0.3, -0.25) is 4.98 Å². The summed E-state index contributed by atoms with van der Waals surface area (Å²) in [5, 5.41) is 6.53. The molecule has 2 amide bonds. The van der Waals surface area contributed by atoms with Crippen LogP contribution in [0.25, 0.3) is 10.9 Å². The number of methoxy groups -OCH3 is 3. The monoisotopic (exact) mass is 551 g/mol. The van der Waals surface area contributed by atoms with E-state index in [1.165, 1.54) is 7.11 Å². The standard InChI is InChI=1S/C27H26BrN3O5/c1-16(17-6-5-7-18(28)12-17)30-27(32)31-21-9-8-19(13-24(21)33-2)36-23-10-11-29-22-15-26(35-4)25(34-3)14-20(22)23/h5-16H,1-4H3,(H2,30,31,32). The quantitative estimate of drug-likeness (QED) is 0.253. The van der Waals surface area contributed by atoms with Crippen molar-refractivity contribution in [1.29, 1.82) is 0 Å². The number of benzene rings is 3. The summed E-state index contributed by atoms with van der Waals surface area (Å²) >= 11 is 3.45. The molecule has 8 nitrogen and oxygen atoms in total. The van der Waals surface area contributed by atoms with E-state index in [1.54, 1.807) is 50.7 Å². The van der Waals surface area contributed by atoms with Crippen molar-refractivity contribution in [2.45, 2.75) is 13.0 Å². The molecule has 1 aromatic heterocycles. The second kappa shape index (κ2) is 11.2. The van der Waals surface area contributed by atoms with Crippen LogP contribution in [0.15, 0.2) is 71.3 Å². The largest absolute Gasteiger partial charge is 0.494 e. The minimum atomic E-state index is -0.351. The summed E-state index contributed by atoms with van der Waals surface area (Å²) in [5.41, 5.74) is 2.19. The molecule has 0 saturated carbocycles. The van der Waals surface area contributed by atoms with Crippen molar-refractivity contribution in [2.75, 3.05) is 26.6 Å². The van der Waals surface area contributed by atoms with Gasteiger partial charge in [-0.15, -0.1) is 0 Å². The van der Waals surface area contributed by atoms with Crippen molar-refractivity contribution in [3.8, 4) is 28.7 Å². The van der Waals surface area contributed by atoms with Crippen LogP contribution in [0, 0.1) is 0 Å². The van der Waals surface area contributed by atoms with Gasteiger partial charge in [0, 0.05) is 28.2 Å². The highest BCUT2D eigenvalue weighted by molar-refractivity contribution is 9.10. The smallest absolute Gasteiger partial charge is 0.319 e. The number of halogens is 1. The minimum Gasteiger partial charge on any atom is -0.494 e. The molecule has 1 atom stereocenters. The molecule has 0 bridgehead atoms. The Morgan fingerprint density at radius 2 is 1.64 bits per heavy atom. The summed E-state index contributed by atoms with van der Waals surface area (Å²) in [6.45, 7) is 1.92. The molecule has 4 rings (SSSR count). The van der Waals surface area contributed by atoms with Crippen molar-refractivity contribution in [3.05, 3.63) is 76.9 Å². The lowest BCUT2D eigenvalue weighted by Gasteiger charge is -2.17. The molecule has 0 fully saturated rings. The Morgan fingerprint density at radius 3 is 2.36 bits per heavy atom. The van der Waals surface area contributed by atoms with Crippen LogP contribution in [0.5, 0.6) is 28.7 Å². The Labute approximate surface area is 217 Å². The van der Waals surface area contributed by atoms with Gasteiger partial charge in [0.05, 0.1) is 38.6 Å². The molecule has 0 radical (unpaired) electrons. The van der Waals surface area contributed by atoms with Crippen molar-refractivity contribution in [3.63, 3.8) is 0 Å². The molecule has 0 aliphatic rings. The van der Waals surface area contributed by atoms with E-state index in [4.69, 9.17) is 18.9 Å². The van der Waals surface area contributed by atoms with Gasteiger partial charge in [-0.1, -0.05) is 28.1 Å². The van der Waals surface area contributed by atoms with Gasteiger partial charge < -0.3 is 29.6 Å². The fourth-order valence-corrected chi connectivity index (χ4v) is 4.13. The van der Waals surface area contributed by atoms with Gasteiger partial charge in [0.25, 0.3) is 0 Å². The minimum absolute atomic E-state index is 0.188. The first kappa shape index (κ1) is 25.1. The predicted octanol–water partition coefficient (Wildman–Crippen LogP) is 6.70. The Balaban J connectivity index is 1.52. The number of urea groups is 1. The molecular weight excluding hydrogens is 526 g/mol. The molecule has 4 aromatic rings. The maximum Gasteiger partial charge on any atom is 0.319 e. The Morgan fingerprint density at radius 1 is 0.889 bits per heavy atom. The van der Waals surface area contributed by atoms with E-state index < -0.39 is 0 Å². The van der Waals surface area contributed by atoms with E-state index in [2.05, 4.69) is 31.5 Å². The highest BCUT2D eigenvalue weighted by Gasteiger charge is 2.15. The number of hydrogen-bond acceptors (Lipinski definition) is 6. The van der Waals surface area contributed by atoms with Crippen LogP contribution in [0.2, 0.25) is 0 Å². The average molecular weight is 552 g/mol. The van der Waals surface area contributed by atoms with Crippen molar-refractivity contribution < 1.29 is 23.7 Å². The van der Waals surface area contributed by atoms with Gasteiger partial charge in [-0.25, -0.2) is 4.79 Å². The van der Waals surface area contributed by atoms with E-state index in [0.29, 0.717) is 40.0 Å². The van der Waals surface area contributed by atoms with Gasteiger partial charge in [0.1, 0.15) is 17.2 Å². The van der Waals surface area contributed by atoms with Gasteiger partial charge in [-0.2, -0.15) is 0 Å². The van der Waals surface area contributed by atoms with E-state index >= 15 is 0 Å². The number of carbonyl (C=O) groups is 1. The first-order valence-electron chi connectivity index (χ1n) is 11.1. The van der Waals surface area contributed by atoms with Gasteiger partial charge in [0.15, 0.2) is 11.5 Å². The lowest BCUT2D eigenvalue weighted by molar-refractivity contribution is 0.249. The number of nitrogens with one attached hydrogen (secondary N) is 2. The SMILES string of the molecule is COc1cc(Oc2ccnc3cc(OC)c(OC)cc23)ccc1NC(=O)NC(C)c1cccc(Br)c1. The molecule has 0 spiro atoms. The molecule has 9 heteroatoms. The van der Waals surface area contributed by atoms with E-state index in [0.717, 1.165) is 15.4 Å². The number of amides is 2. The fraction of sp³-hybridized carbons (Fsp3) is 0.185. The molecular formula is C27H26BrN3O5. The number of ether oxygens (including phenoxy) is 4. The summed E-state index contributed by atoms with van der Waals surface area (Å²) in [6, 6.07) is 17.8. The number of fused-ring (bicyclic) bond motifs is 1. The second-order valence-corrected chi connectivity index (χ2v) is 8.79. The van der Waals surface area contributed by atoms with Crippen molar-refractivity contribution in [2.24, 2.45) is 0 Å². The summed E-state index contributed by atoms with van der Waals surface area (Å²) in [4.78, 5) is 17.0. The average Bonchev–Trinajstić information content (AvgIpc) is 2.88. The number of anilines is 1. The lowest BCUT2D eigenvalue weighted by Crippen LogP contribution is -2.31. The number of pyridine rings is 1. The number of carbonyl (C=O) groups excluding carboxylic acids is 1. The van der Waals surface area contributed by atoms with Crippen molar-refractivity contribution in [1.82, 2.24) is 10.3 Å². The third kappa shape index (κ3) is 5.63. The second-order valence-electron chi connectivity index (χ2n) is 7.87. The number of rotatable bonds is 8. The summed E-state index contributed by atoms with van der Waals surface area (Å²) in [5.74, 6) is 2.73. The zero-order chi connectivity index (χ0) is 25.7. The van der Waals surface area contributed by atoms with Crippen molar-refractivity contribution >= 4 is 38.6 Å². The molecule has 2 N–H and O–H groups in total. The third-order valence-corrected chi connectivity index (χ3v) is 6.05. The summed E-state index contributed by atoms with van der Waals surface area (Å²) < 4.78 is 23.4. The molecule has 186 valence electrons. The molecule has 0 aliphatic heterocycles. The molecule has 36 heavy (non-hydrogen) atoms. The van der Waals surface area contributed by atoms with Crippen LogP contribution >= 0.6 is 15.9 Å². The number of hydrogen-bond donors (Lipinski definition) is 2. The van der Waals surface area contributed by atoms with Crippen LogP contribution in [-0.2, 0) is 0 Å². The van der Waals surface area contributed by atoms with Crippen LogP contribution in [0.4, 0.5) is 10.5 Å². The van der Waals surface area contributed by atoms with Crippen LogP contribution in [0.3, 0.4) is 0 Å². The van der Waals surface area contributed by atoms with Crippen LogP contribution in [-0.4, -0.2) is 32.3 Å². The topological polar surface area (TPSA) is 90.9 Å². The van der Waals surface area contributed by atoms with E-state index in [1.807, 2.05) is 37.3 Å². The van der Waals surface area contributed by atoms with E-state index in [-0.39, 0.29) is 12.1 Å². The zero-order valence-electron chi connectivity index (χ0n) is 20.3. The molecule has 3 aromatic carbocycles. The third-order valence-electron chi connectivity index (χ3n) is 5.55. The summed E-state index contributed by atoms with van der Waals surface area (Å²) in [7, 11) is 4.69. The molecule has 0 aliphatic carbocycles. The molecule has 1 unspecified atom stereocenters.